The van der Waals surface area contributed by atoms with Crippen molar-refractivity contribution in [1.29, 1.82) is 0 Å². The molecule has 0 atom stereocenters. The van der Waals surface area contributed by atoms with Gasteiger partial charge in [-0.2, -0.15) is 0 Å². The molecule has 0 aliphatic carbocycles. The van der Waals surface area contributed by atoms with Gasteiger partial charge in [0.15, 0.2) is 0 Å². The number of rotatable bonds is 2. The molecule has 0 aromatic carbocycles. The molecule has 5 heavy (non-hydrogen) atoms. The zero-order valence-electron chi connectivity index (χ0n) is 2.81. The van der Waals surface area contributed by atoms with E-state index in [9.17, 15) is 0 Å². The average Bonchev–Trinajstić information content (AvgIpc) is 1.41. The predicted octanol–water partition coefficient (Wildman–Crippen LogP) is 1.51. The summed E-state index contributed by atoms with van der Waals surface area (Å²) in [5.41, 5.74) is 0. The average molecular weight is 105 g/mol. The molecule has 0 unspecified atom stereocenters. The summed E-state index contributed by atoms with van der Waals surface area (Å²) in [6.07, 6.45) is 0. The van der Waals surface area contributed by atoms with Crippen molar-refractivity contribution in [2.24, 2.45) is 0 Å². The number of hydrogen-bond donors (Lipinski definition) is 0. The molecular formula is C3H5S2. The third kappa shape index (κ3) is 4.44. The fourth-order valence-electron chi connectivity index (χ4n) is 0.0481. The Kier molecular flexibility index (Phi) is 4.83. The van der Waals surface area contributed by atoms with E-state index in [2.05, 4.69) is 19.1 Å². The van der Waals surface area contributed by atoms with Gasteiger partial charge in [0.05, 0.1) is 0 Å². The molecule has 2 heteroatoms. The van der Waals surface area contributed by atoms with Gasteiger partial charge in [-0.05, 0) is 12.7 Å². The van der Waals surface area contributed by atoms with Gasteiger partial charge in [0.1, 0.15) is 0 Å². The van der Waals surface area contributed by atoms with Crippen molar-refractivity contribution >= 4 is 28.7 Å². The van der Waals surface area contributed by atoms with Crippen LogP contribution >= 0.6 is 24.0 Å². The minimum atomic E-state index is 0.851. The smallest absolute Gasteiger partial charge is 0.0341 e. The highest BCUT2D eigenvalue weighted by Gasteiger charge is 1.63. The third-order valence-electron chi connectivity index (χ3n) is 0.186. The summed E-state index contributed by atoms with van der Waals surface area (Å²) >= 11 is 5.99. The quantitative estimate of drug-likeness (QED) is 0.488. The fraction of sp³-hybridized carbons (Fsp3) is 0.333. The molecule has 0 nitrogen and oxygen atoms in total. The van der Waals surface area contributed by atoms with Gasteiger partial charge in [-0.25, -0.2) is 0 Å². The molecule has 0 rings (SSSR count). The summed E-state index contributed by atoms with van der Waals surface area (Å²) in [7, 11) is 0. The van der Waals surface area contributed by atoms with Crippen LogP contribution in [0.25, 0.3) is 0 Å². The second-order valence-electron chi connectivity index (χ2n) is 0.467. The Hall–Kier alpha value is 0.440. The lowest BCUT2D eigenvalue weighted by Crippen LogP contribution is -1.58. The minimum absolute atomic E-state index is 0.851. The molecule has 0 heterocycles. The van der Waals surface area contributed by atoms with E-state index in [1.165, 1.54) is 0 Å². The normalized spacial score (nSPS) is 7.40. The molecule has 0 aromatic rings. The maximum Gasteiger partial charge on any atom is 0.0341 e. The van der Waals surface area contributed by atoms with Crippen molar-refractivity contribution in [2.45, 2.75) is 0 Å². The first-order valence-corrected chi connectivity index (χ1v) is 2.78. The van der Waals surface area contributed by atoms with Gasteiger partial charge in [-0.15, -0.1) is 11.8 Å². The maximum atomic E-state index is 4.45. The molecule has 29 valence electrons. The molecule has 0 saturated carbocycles. The Morgan fingerprint density at radius 2 is 2.60 bits per heavy atom. The zero-order chi connectivity index (χ0) is 4.12. The van der Waals surface area contributed by atoms with Crippen molar-refractivity contribution in [3.8, 4) is 0 Å². The van der Waals surface area contributed by atoms with Crippen LogP contribution in [0.2, 0.25) is 0 Å². The fourth-order valence-corrected chi connectivity index (χ4v) is 0.433. The van der Waals surface area contributed by atoms with Crippen LogP contribution in [0.15, 0.2) is 0 Å². The summed E-state index contributed by atoms with van der Waals surface area (Å²) < 4.78 is 1.62. The highest BCUT2D eigenvalue weighted by molar-refractivity contribution is 8.20. The van der Waals surface area contributed by atoms with Crippen LogP contribution in [-0.2, 0) is 0 Å². The second-order valence-corrected chi connectivity index (χ2v) is 1.98. The van der Waals surface area contributed by atoms with Crippen molar-refractivity contribution in [3.63, 3.8) is 0 Å². The van der Waals surface area contributed by atoms with Gasteiger partial charge >= 0.3 is 0 Å². The standard InChI is InChI=1S/C3H5S2/c1-2-5-3-4/h3H,1-2H2. The van der Waals surface area contributed by atoms with Crippen molar-refractivity contribution in [2.75, 3.05) is 5.75 Å². The molecule has 0 aliphatic heterocycles. The van der Waals surface area contributed by atoms with Crippen LogP contribution in [0, 0.1) is 6.92 Å². The molecule has 0 spiro atoms. The van der Waals surface area contributed by atoms with Crippen molar-refractivity contribution in [1.82, 2.24) is 0 Å². The van der Waals surface area contributed by atoms with Gasteiger partial charge in [-0.3, -0.25) is 0 Å². The van der Waals surface area contributed by atoms with Gasteiger partial charge in [0, 0.05) is 4.70 Å². The molecule has 0 amide bonds. The first-order valence-electron chi connectivity index (χ1n) is 1.26. The summed E-state index contributed by atoms with van der Waals surface area (Å²) in [4.78, 5) is 0. The Morgan fingerprint density at radius 1 is 2.00 bits per heavy atom. The minimum Gasteiger partial charge on any atom is -0.122 e. The lowest BCUT2D eigenvalue weighted by atomic mass is 11.0. The molecule has 0 fully saturated rings. The SMILES string of the molecule is [CH2]CSC=S. The Balaban J connectivity index is 2.40. The molecule has 0 N–H and O–H groups in total. The summed E-state index contributed by atoms with van der Waals surface area (Å²) in [5, 5.41) is 0. The molecule has 0 aromatic heterocycles. The van der Waals surface area contributed by atoms with Crippen LogP contribution in [0.4, 0.5) is 0 Å². The number of thioether (sulfide) groups is 1. The largest absolute Gasteiger partial charge is 0.122 e. The topological polar surface area (TPSA) is 0 Å². The van der Waals surface area contributed by atoms with E-state index >= 15 is 0 Å². The van der Waals surface area contributed by atoms with E-state index < -0.39 is 0 Å². The highest BCUT2D eigenvalue weighted by Crippen LogP contribution is 1.88. The van der Waals surface area contributed by atoms with Crippen LogP contribution in [0.1, 0.15) is 0 Å². The summed E-state index contributed by atoms with van der Waals surface area (Å²) in [6, 6.07) is 0. The van der Waals surface area contributed by atoms with Crippen LogP contribution in [-0.4, -0.2) is 10.5 Å². The molecule has 0 bridgehead atoms. The highest BCUT2D eigenvalue weighted by atomic mass is 32.2. The molecule has 0 aliphatic rings. The van der Waals surface area contributed by atoms with Gasteiger partial charge < -0.3 is 0 Å². The van der Waals surface area contributed by atoms with Crippen molar-refractivity contribution < 1.29 is 0 Å². The molecule has 0 saturated heterocycles. The van der Waals surface area contributed by atoms with Gasteiger partial charge in [0.2, 0.25) is 0 Å². The molecular weight excluding hydrogens is 100 g/mol. The first-order chi connectivity index (χ1) is 2.41. The summed E-state index contributed by atoms with van der Waals surface area (Å²) in [6.45, 7) is 3.54. The van der Waals surface area contributed by atoms with Crippen LogP contribution in [0.3, 0.4) is 0 Å². The van der Waals surface area contributed by atoms with E-state index in [-0.39, 0.29) is 0 Å². The van der Waals surface area contributed by atoms with E-state index in [0.29, 0.717) is 0 Å². The molecule has 1 radical (unpaired) electrons. The Labute approximate surface area is 42.0 Å². The van der Waals surface area contributed by atoms with Crippen LogP contribution < -0.4 is 0 Å². The third-order valence-corrected chi connectivity index (χ3v) is 0.966. The monoisotopic (exact) mass is 105 g/mol. The van der Waals surface area contributed by atoms with Gasteiger partial charge in [0.25, 0.3) is 0 Å². The number of hydrogen-bond acceptors (Lipinski definition) is 2. The van der Waals surface area contributed by atoms with E-state index in [1.807, 2.05) is 0 Å². The predicted molar refractivity (Wildman–Crippen MR) is 31.5 cm³/mol. The maximum absolute atomic E-state index is 4.45. The first kappa shape index (κ1) is 5.44. The van der Waals surface area contributed by atoms with E-state index in [1.54, 1.807) is 16.5 Å². The Morgan fingerprint density at radius 3 is 2.60 bits per heavy atom. The van der Waals surface area contributed by atoms with Crippen molar-refractivity contribution in [3.05, 3.63) is 6.92 Å². The van der Waals surface area contributed by atoms with E-state index in [0.717, 1.165) is 5.75 Å². The second kappa shape index (κ2) is 4.44. The van der Waals surface area contributed by atoms with E-state index in [4.69, 9.17) is 0 Å². The lowest BCUT2D eigenvalue weighted by Gasteiger charge is -1.71. The Bertz CT molecular complexity index is 26.1. The zero-order valence-corrected chi connectivity index (χ0v) is 4.44. The lowest BCUT2D eigenvalue weighted by molar-refractivity contribution is 1.85. The van der Waals surface area contributed by atoms with Crippen LogP contribution in [0.5, 0.6) is 0 Å². The summed E-state index contributed by atoms with van der Waals surface area (Å²) in [5.74, 6) is 0.851. The number of thiocarbonyl (C=S) groups is 1. The van der Waals surface area contributed by atoms with Gasteiger partial charge in [-0.1, -0.05) is 12.2 Å².